The number of benzene rings is 1. The normalized spacial score (nSPS) is 15.1. The van der Waals surface area contributed by atoms with E-state index in [-0.39, 0.29) is 36.6 Å². The van der Waals surface area contributed by atoms with Gasteiger partial charge in [-0.1, -0.05) is 0 Å². The Bertz CT molecular complexity index is 600. The molecular formula is C19H32Cl2N4O3. The first kappa shape index (κ1) is 26.6. The van der Waals surface area contributed by atoms with E-state index in [1.807, 2.05) is 19.0 Å². The van der Waals surface area contributed by atoms with Gasteiger partial charge >= 0.3 is 0 Å². The van der Waals surface area contributed by atoms with Crippen molar-refractivity contribution in [3.8, 4) is 0 Å². The van der Waals surface area contributed by atoms with Gasteiger partial charge in [0.1, 0.15) is 0 Å². The van der Waals surface area contributed by atoms with E-state index in [1.165, 1.54) is 0 Å². The van der Waals surface area contributed by atoms with Crippen LogP contribution in [0.15, 0.2) is 24.3 Å². The highest BCUT2D eigenvalue weighted by Gasteiger charge is 2.39. The number of piperidine rings is 1. The largest absolute Gasteiger partial charge is 0.384 e. The lowest BCUT2D eigenvalue weighted by Crippen LogP contribution is -2.47. The van der Waals surface area contributed by atoms with Gasteiger partial charge in [-0.25, -0.2) is 0 Å². The van der Waals surface area contributed by atoms with Crippen LogP contribution in [0, 0.1) is 5.41 Å². The molecule has 2 amide bonds. The van der Waals surface area contributed by atoms with Gasteiger partial charge in [-0.3, -0.25) is 9.59 Å². The fraction of sp³-hybridized carbons (Fsp3) is 0.579. The summed E-state index contributed by atoms with van der Waals surface area (Å²) < 4.78 is 5.31. The molecule has 1 aromatic rings. The van der Waals surface area contributed by atoms with Gasteiger partial charge < -0.3 is 25.6 Å². The zero-order chi connectivity index (χ0) is 19.0. The second-order valence-electron chi connectivity index (χ2n) is 7.10. The molecule has 1 aromatic carbocycles. The molecule has 7 nitrogen and oxygen atoms in total. The third kappa shape index (κ3) is 7.93. The van der Waals surface area contributed by atoms with Crippen LogP contribution >= 0.6 is 24.8 Å². The van der Waals surface area contributed by atoms with Crippen LogP contribution in [0.2, 0.25) is 0 Å². The summed E-state index contributed by atoms with van der Waals surface area (Å²) in [5, 5.41) is 9.13. The van der Waals surface area contributed by atoms with Crippen molar-refractivity contribution in [3.05, 3.63) is 24.3 Å². The maximum absolute atomic E-state index is 12.8. The molecular weight excluding hydrogens is 403 g/mol. The summed E-state index contributed by atoms with van der Waals surface area (Å²) >= 11 is 0. The van der Waals surface area contributed by atoms with Crippen LogP contribution < -0.4 is 16.0 Å². The lowest BCUT2D eigenvalue weighted by atomic mass is 9.78. The Balaban J connectivity index is 0.00000364. The maximum atomic E-state index is 12.8. The smallest absolute Gasteiger partial charge is 0.233 e. The number of ether oxygens (including phenoxy) is 1. The molecule has 1 aliphatic heterocycles. The van der Waals surface area contributed by atoms with Crippen molar-refractivity contribution in [3.63, 3.8) is 0 Å². The van der Waals surface area contributed by atoms with Gasteiger partial charge in [-0.2, -0.15) is 0 Å². The van der Waals surface area contributed by atoms with Crippen LogP contribution in [-0.2, 0) is 14.3 Å². The van der Waals surface area contributed by atoms with E-state index < -0.39 is 5.41 Å². The van der Waals surface area contributed by atoms with Crippen LogP contribution in [0.4, 0.5) is 11.4 Å². The van der Waals surface area contributed by atoms with Crippen molar-refractivity contribution in [1.29, 1.82) is 0 Å². The average molecular weight is 435 g/mol. The van der Waals surface area contributed by atoms with E-state index >= 15 is 0 Å². The van der Waals surface area contributed by atoms with Crippen molar-refractivity contribution in [2.75, 3.05) is 58.1 Å². The lowest BCUT2D eigenvalue weighted by molar-refractivity contribution is -0.130. The first-order valence-corrected chi connectivity index (χ1v) is 9.01. The van der Waals surface area contributed by atoms with Gasteiger partial charge in [0.2, 0.25) is 11.8 Å². The number of nitrogens with zero attached hydrogens (tertiary/aromatic N) is 1. The Morgan fingerprint density at radius 2 is 1.61 bits per heavy atom. The van der Waals surface area contributed by atoms with E-state index in [9.17, 15) is 9.59 Å². The molecule has 0 atom stereocenters. The number of methoxy groups -OCH3 is 1. The number of amides is 2. The Morgan fingerprint density at radius 3 is 2.11 bits per heavy atom. The molecule has 160 valence electrons. The topological polar surface area (TPSA) is 82.7 Å². The molecule has 0 aliphatic carbocycles. The molecule has 3 N–H and O–H groups in total. The first-order chi connectivity index (χ1) is 12.4. The summed E-state index contributed by atoms with van der Waals surface area (Å²) in [6, 6.07) is 7.21. The molecule has 0 unspecified atom stereocenters. The van der Waals surface area contributed by atoms with Gasteiger partial charge in [0.25, 0.3) is 0 Å². The minimum absolute atomic E-state index is 0. The van der Waals surface area contributed by atoms with Crippen molar-refractivity contribution in [2.45, 2.75) is 19.3 Å². The summed E-state index contributed by atoms with van der Waals surface area (Å²) in [5.74, 6) is -0.0344. The van der Waals surface area contributed by atoms with E-state index in [0.717, 1.165) is 37.3 Å². The van der Waals surface area contributed by atoms with Crippen molar-refractivity contribution >= 4 is 48.0 Å². The average Bonchev–Trinajstić information content (AvgIpc) is 2.62. The Kier molecular flexibility index (Phi) is 12.3. The molecule has 28 heavy (non-hydrogen) atoms. The van der Waals surface area contributed by atoms with Gasteiger partial charge in [0, 0.05) is 31.5 Å². The third-order valence-electron chi connectivity index (χ3n) is 4.68. The molecule has 0 bridgehead atoms. The number of carbonyl (C=O) groups excluding carboxylic acids is 2. The predicted molar refractivity (Wildman–Crippen MR) is 118 cm³/mol. The van der Waals surface area contributed by atoms with Gasteiger partial charge in [0.05, 0.1) is 12.0 Å². The number of carbonyl (C=O) groups is 2. The summed E-state index contributed by atoms with van der Waals surface area (Å²) in [7, 11) is 5.50. The van der Waals surface area contributed by atoms with Crippen LogP contribution in [0.3, 0.4) is 0 Å². The number of halogens is 2. The highest BCUT2D eigenvalue weighted by Crippen LogP contribution is 2.31. The van der Waals surface area contributed by atoms with Crippen molar-refractivity contribution in [1.82, 2.24) is 10.2 Å². The number of anilines is 2. The highest BCUT2D eigenvalue weighted by atomic mass is 35.5. The highest BCUT2D eigenvalue weighted by molar-refractivity contribution is 5.96. The minimum Gasteiger partial charge on any atom is -0.384 e. The predicted octanol–water partition coefficient (Wildman–Crippen LogP) is 2.38. The molecule has 1 saturated heterocycles. The Labute approximate surface area is 179 Å². The second-order valence-corrected chi connectivity index (χ2v) is 7.10. The summed E-state index contributed by atoms with van der Waals surface area (Å²) in [4.78, 5) is 26.6. The Morgan fingerprint density at radius 1 is 1.07 bits per heavy atom. The number of hydrogen-bond acceptors (Lipinski definition) is 5. The van der Waals surface area contributed by atoms with Crippen LogP contribution in [0.1, 0.15) is 19.3 Å². The summed E-state index contributed by atoms with van der Waals surface area (Å²) in [6.07, 6.45) is 1.96. The number of rotatable bonds is 8. The SMILES string of the molecule is COCC1(C(=O)Nc2ccc(NC(=O)CCN(C)C)cc2)CCNCC1.Cl.Cl. The molecule has 0 radical (unpaired) electrons. The van der Waals surface area contributed by atoms with E-state index in [4.69, 9.17) is 4.74 Å². The maximum Gasteiger partial charge on any atom is 0.233 e. The van der Waals surface area contributed by atoms with Crippen LogP contribution in [0.25, 0.3) is 0 Å². The Hall–Kier alpha value is -1.38. The molecule has 0 saturated carbocycles. The van der Waals surface area contributed by atoms with E-state index in [1.54, 1.807) is 31.4 Å². The fourth-order valence-electron chi connectivity index (χ4n) is 3.07. The van der Waals surface area contributed by atoms with Crippen LogP contribution in [-0.4, -0.2) is 64.2 Å². The monoisotopic (exact) mass is 434 g/mol. The zero-order valence-electron chi connectivity index (χ0n) is 16.7. The molecule has 1 heterocycles. The second kappa shape index (κ2) is 13.0. The van der Waals surface area contributed by atoms with Crippen molar-refractivity contribution < 1.29 is 14.3 Å². The zero-order valence-corrected chi connectivity index (χ0v) is 18.4. The quantitative estimate of drug-likeness (QED) is 0.584. The fourth-order valence-corrected chi connectivity index (χ4v) is 3.07. The first-order valence-electron chi connectivity index (χ1n) is 9.01. The molecule has 9 heteroatoms. The molecule has 1 fully saturated rings. The van der Waals surface area contributed by atoms with Crippen molar-refractivity contribution in [2.24, 2.45) is 5.41 Å². The summed E-state index contributed by atoms with van der Waals surface area (Å²) in [6.45, 7) is 2.75. The summed E-state index contributed by atoms with van der Waals surface area (Å²) in [5.41, 5.74) is 0.953. The van der Waals surface area contributed by atoms with Gasteiger partial charge in [0.15, 0.2) is 0 Å². The molecule has 2 rings (SSSR count). The van der Waals surface area contributed by atoms with Crippen LogP contribution in [0.5, 0.6) is 0 Å². The molecule has 1 aliphatic rings. The number of hydrogen-bond donors (Lipinski definition) is 3. The molecule has 0 aromatic heterocycles. The third-order valence-corrected chi connectivity index (χ3v) is 4.68. The standard InChI is InChI=1S/C19H30N4O3.2ClH/c1-23(2)13-8-17(24)21-15-4-6-16(7-5-15)22-18(25)19(14-26-3)9-11-20-12-10-19;;/h4-7,20H,8-14H2,1-3H3,(H,21,24)(H,22,25);2*1H. The lowest BCUT2D eigenvalue weighted by Gasteiger charge is -2.35. The molecule has 0 spiro atoms. The van der Waals surface area contributed by atoms with Gasteiger partial charge in [-0.15, -0.1) is 24.8 Å². The van der Waals surface area contributed by atoms with Gasteiger partial charge in [-0.05, 0) is 64.3 Å². The van der Waals surface area contributed by atoms with E-state index in [0.29, 0.717) is 19.6 Å². The number of nitrogens with one attached hydrogen (secondary N) is 3. The van der Waals surface area contributed by atoms with E-state index in [2.05, 4.69) is 16.0 Å². The minimum atomic E-state index is -0.487.